The summed E-state index contributed by atoms with van der Waals surface area (Å²) in [6.45, 7) is 7.45. The van der Waals surface area contributed by atoms with Crippen LogP contribution >= 0.6 is 0 Å². The Morgan fingerprint density at radius 2 is 2.30 bits per heavy atom. The van der Waals surface area contributed by atoms with Crippen LogP contribution in [0.25, 0.3) is 0 Å². The summed E-state index contributed by atoms with van der Waals surface area (Å²) in [5.74, 6) is 2.35. The summed E-state index contributed by atoms with van der Waals surface area (Å²) in [7, 11) is 1.67. The van der Waals surface area contributed by atoms with Crippen molar-refractivity contribution in [1.29, 1.82) is 0 Å². The highest BCUT2D eigenvalue weighted by Crippen LogP contribution is 2.34. The molecule has 1 unspecified atom stereocenters. The maximum Gasteiger partial charge on any atom is 0.204 e. The van der Waals surface area contributed by atoms with Gasteiger partial charge in [-0.1, -0.05) is 13.8 Å². The van der Waals surface area contributed by atoms with E-state index in [1.54, 1.807) is 13.4 Å². The molecular formula is C14H24N4O2. The number of ether oxygens (including phenoxy) is 2. The van der Waals surface area contributed by atoms with Crippen molar-refractivity contribution in [2.24, 2.45) is 0 Å². The fraction of sp³-hybridized carbons (Fsp3) is 0.714. The molecule has 0 saturated carbocycles. The second-order valence-electron chi connectivity index (χ2n) is 4.84. The maximum atomic E-state index is 5.55. The van der Waals surface area contributed by atoms with E-state index in [0.717, 1.165) is 56.5 Å². The summed E-state index contributed by atoms with van der Waals surface area (Å²) < 4.78 is 11.1. The Morgan fingerprint density at radius 1 is 1.45 bits per heavy atom. The molecule has 1 N–H and O–H groups in total. The van der Waals surface area contributed by atoms with Crippen molar-refractivity contribution in [3.05, 3.63) is 6.33 Å². The molecule has 20 heavy (non-hydrogen) atoms. The van der Waals surface area contributed by atoms with E-state index in [2.05, 4.69) is 34.0 Å². The van der Waals surface area contributed by atoms with E-state index < -0.39 is 0 Å². The van der Waals surface area contributed by atoms with E-state index in [-0.39, 0.29) is 0 Å². The molecule has 1 fully saturated rings. The summed E-state index contributed by atoms with van der Waals surface area (Å²) in [5, 5.41) is 3.29. The first kappa shape index (κ1) is 14.8. The van der Waals surface area contributed by atoms with Gasteiger partial charge in [0.25, 0.3) is 0 Å². The van der Waals surface area contributed by atoms with Crippen LogP contribution in [0.4, 0.5) is 11.6 Å². The van der Waals surface area contributed by atoms with Crippen LogP contribution in [0.5, 0.6) is 5.75 Å². The smallest absolute Gasteiger partial charge is 0.204 e. The molecule has 0 bridgehead atoms. The van der Waals surface area contributed by atoms with Gasteiger partial charge in [0.15, 0.2) is 11.6 Å². The van der Waals surface area contributed by atoms with E-state index in [1.165, 1.54) is 0 Å². The van der Waals surface area contributed by atoms with Crippen molar-refractivity contribution in [3.8, 4) is 5.75 Å². The molecule has 1 atom stereocenters. The van der Waals surface area contributed by atoms with E-state index in [1.807, 2.05) is 0 Å². The Labute approximate surface area is 120 Å². The van der Waals surface area contributed by atoms with Gasteiger partial charge in [0, 0.05) is 13.1 Å². The van der Waals surface area contributed by atoms with Gasteiger partial charge in [0.1, 0.15) is 6.33 Å². The average molecular weight is 280 g/mol. The van der Waals surface area contributed by atoms with Crippen LogP contribution in [0, 0.1) is 0 Å². The molecule has 2 rings (SSSR count). The number of anilines is 2. The minimum Gasteiger partial charge on any atom is -0.490 e. The molecule has 1 aliphatic heterocycles. The van der Waals surface area contributed by atoms with Gasteiger partial charge >= 0.3 is 0 Å². The summed E-state index contributed by atoms with van der Waals surface area (Å²) in [6, 6.07) is 0.339. The van der Waals surface area contributed by atoms with Crippen molar-refractivity contribution in [2.75, 3.05) is 43.6 Å². The van der Waals surface area contributed by atoms with Crippen LogP contribution in [-0.2, 0) is 4.74 Å². The lowest BCUT2D eigenvalue weighted by Crippen LogP contribution is -2.45. The average Bonchev–Trinajstić information content (AvgIpc) is 2.52. The molecule has 1 aromatic rings. The first-order chi connectivity index (χ1) is 9.81. The quantitative estimate of drug-likeness (QED) is 0.859. The normalized spacial score (nSPS) is 18.9. The Bertz CT molecular complexity index is 428. The molecule has 1 saturated heterocycles. The second kappa shape index (κ2) is 7.28. The predicted octanol–water partition coefficient (Wildman–Crippen LogP) is 1.92. The van der Waals surface area contributed by atoms with E-state index >= 15 is 0 Å². The Balaban J connectivity index is 2.29. The molecule has 2 heterocycles. The maximum absolute atomic E-state index is 5.55. The van der Waals surface area contributed by atoms with Gasteiger partial charge in [-0.3, -0.25) is 0 Å². The minimum atomic E-state index is 0.339. The van der Waals surface area contributed by atoms with Crippen LogP contribution in [-0.4, -0.2) is 49.4 Å². The topological polar surface area (TPSA) is 59.5 Å². The van der Waals surface area contributed by atoms with Crippen molar-refractivity contribution in [2.45, 2.75) is 32.7 Å². The number of nitrogens with zero attached hydrogens (tertiary/aromatic N) is 3. The van der Waals surface area contributed by atoms with Crippen LogP contribution in [0.15, 0.2) is 6.33 Å². The fourth-order valence-corrected chi connectivity index (χ4v) is 2.40. The highest BCUT2D eigenvalue weighted by Gasteiger charge is 2.26. The Morgan fingerprint density at radius 3 is 3.00 bits per heavy atom. The first-order valence-electron chi connectivity index (χ1n) is 7.29. The van der Waals surface area contributed by atoms with Crippen molar-refractivity contribution in [1.82, 2.24) is 9.97 Å². The molecule has 0 spiro atoms. The number of rotatable bonds is 6. The van der Waals surface area contributed by atoms with Crippen LogP contribution in [0.2, 0.25) is 0 Å². The number of hydrogen-bond acceptors (Lipinski definition) is 6. The van der Waals surface area contributed by atoms with Crippen molar-refractivity contribution >= 4 is 11.6 Å². The highest BCUT2D eigenvalue weighted by molar-refractivity contribution is 5.65. The van der Waals surface area contributed by atoms with Crippen LogP contribution in [0.3, 0.4) is 0 Å². The first-order valence-corrected chi connectivity index (χ1v) is 7.29. The van der Waals surface area contributed by atoms with Gasteiger partial charge < -0.3 is 19.7 Å². The van der Waals surface area contributed by atoms with Crippen molar-refractivity contribution in [3.63, 3.8) is 0 Å². The molecular weight excluding hydrogens is 256 g/mol. The van der Waals surface area contributed by atoms with Crippen LogP contribution in [0.1, 0.15) is 26.7 Å². The predicted molar refractivity (Wildman–Crippen MR) is 79.6 cm³/mol. The largest absolute Gasteiger partial charge is 0.490 e. The summed E-state index contributed by atoms with van der Waals surface area (Å²) in [5.41, 5.74) is 0. The Kier molecular flexibility index (Phi) is 5.40. The van der Waals surface area contributed by atoms with Gasteiger partial charge in [0.05, 0.1) is 26.4 Å². The summed E-state index contributed by atoms with van der Waals surface area (Å²) >= 11 is 0. The third kappa shape index (κ3) is 3.12. The van der Waals surface area contributed by atoms with Gasteiger partial charge in [-0.15, -0.1) is 0 Å². The number of aromatic nitrogens is 2. The Hall–Kier alpha value is -1.56. The lowest BCUT2D eigenvalue weighted by Gasteiger charge is -2.36. The third-order valence-corrected chi connectivity index (χ3v) is 3.50. The van der Waals surface area contributed by atoms with Gasteiger partial charge in [-0.05, 0) is 12.8 Å². The lowest BCUT2D eigenvalue weighted by molar-refractivity contribution is 0.0922. The molecule has 1 aromatic heterocycles. The minimum absolute atomic E-state index is 0.339. The van der Waals surface area contributed by atoms with Gasteiger partial charge in [0.2, 0.25) is 5.75 Å². The van der Waals surface area contributed by atoms with E-state index in [0.29, 0.717) is 6.04 Å². The third-order valence-electron chi connectivity index (χ3n) is 3.50. The van der Waals surface area contributed by atoms with Gasteiger partial charge in [-0.25, -0.2) is 9.97 Å². The molecule has 112 valence electrons. The zero-order valence-corrected chi connectivity index (χ0v) is 12.6. The fourth-order valence-electron chi connectivity index (χ4n) is 2.40. The lowest BCUT2D eigenvalue weighted by atomic mass is 10.1. The zero-order valence-electron chi connectivity index (χ0n) is 12.6. The number of methoxy groups -OCH3 is 1. The van der Waals surface area contributed by atoms with Gasteiger partial charge in [-0.2, -0.15) is 0 Å². The standard InChI is InChI=1S/C14H24N4O2/c1-4-6-15-13-12(19-3)14(17-10-16-13)18-7-8-20-9-11(18)5-2/h10-11H,4-9H2,1-3H3,(H,15,16,17). The summed E-state index contributed by atoms with van der Waals surface area (Å²) in [4.78, 5) is 11.0. The SMILES string of the molecule is CCCNc1ncnc(N2CCOCC2CC)c1OC. The molecule has 0 radical (unpaired) electrons. The van der Waals surface area contributed by atoms with Crippen LogP contribution < -0.4 is 15.0 Å². The monoisotopic (exact) mass is 280 g/mol. The number of morpholine rings is 1. The molecule has 0 amide bonds. The molecule has 6 heteroatoms. The van der Waals surface area contributed by atoms with Crippen molar-refractivity contribution < 1.29 is 9.47 Å². The number of hydrogen-bond donors (Lipinski definition) is 1. The second-order valence-corrected chi connectivity index (χ2v) is 4.84. The van der Waals surface area contributed by atoms with E-state index in [9.17, 15) is 0 Å². The molecule has 0 aliphatic carbocycles. The molecule has 0 aromatic carbocycles. The highest BCUT2D eigenvalue weighted by atomic mass is 16.5. The zero-order chi connectivity index (χ0) is 14.4. The molecule has 1 aliphatic rings. The van der Waals surface area contributed by atoms with E-state index in [4.69, 9.17) is 9.47 Å². The number of nitrogens with one attached hydrogen (secondary N) is 1. The molecule has 6 nitrogen and oxygen atoms in total. The summed E-state index contributed by atoms with van der Waals surface area (Å²) in [6.07, 6.45) is 3.65.